The van der Waals surface area contributed by atoms with E-state index in [1.54, 1.807) is 12.1 Å². The lowest BCUT2D eigenvalue weighted by Gasteiger charge is -2.20. The second-order valence-electron chi connectivity index (χ2n) is 5.45. The Bertz CT molecular complexity index is 623. The van der Waals surface area contributed by atoms with Crippen LogP contribution in [0.5, 0.6) is 0 Å². The molecular formula is C16H20N2O2. The molecular weight excluding hydrogens is 252 g/mol. The van der Waals surface area contributed by atoms with E-state index in [9.17, 15) is 9.90 Å². The summed E-state index contributed by atoms with van der Waals surface area (Å²) in [6, 6.07) is 9.01. The molecule has 0 saturated carbocycles. The van der Waals surface area contributed by atoms with Crippen molar-refractivity contribution in [1.82, 2.24) is 4.98 Å². The van der Waals surface area contributed by atoms with Crippen LogP contribution in [-0.2, 0) is 0 Å². The number of benzene rings is 1. The Morgan fingerprint density at radius 3 is 2.70 bits per heavy atom. The number of nitrogens with zero attached hydrogens (tertiary/aromatic N) is 2. The zero-order valence-corrected chi connectivity index (χ0v) is 12.1. The summed E-state index contributed by atoms with van der Waals surface area (Å²) in [6.45, 7) is 5.21. The molecule has 4 heteroatoms. The first kappa shape index (κ1) is 14.3. The monoisotopic (exact) mass is 272 g/mol. The van der Waals surface area contributed by atoms with Crippen LogP contribution in [0, 0.1) is 5.92 Å². The number of hydrogen-bond acceptors (Lipinski definition) is 3. The van der Waals surface area contributed by atoms with Crippen molar-refractivity contribution in [3.05, 3.63) is 35.9 Å². The van der Waals surface area contributed by atoms with E-state index >= 15 is 0 Å². The maximum atomic E-state index is 11.4. The van der Waals surface area contributed by atoms with E-state index < -0.39 is 5.97 Å². The minimum Gasteiger partial charge on any atom is -0.478 e. The van der Waals surface area contributed by atoms with Crippen LogP contribution >= 0.6 is 0 Å². The number of hydrogen-bond donors (Lipinski definition) is 1. The maximum absolute atomic E-state index is 11.4. The molecule has 0 spiro atoms. The molecule has 0 aliphatic heterocycles. The third-order valence-corrected chi connectivity index (χ3v) is 3.37. The lowest BCUT2D eigenvalue weighted by molar-refractivity contribution is 0.0699. The van der Waals surface area contributed by atoms with Gasteiger partial charge in [0.15, 0.2) is 0 Å². The lowest BCUT2D eigenvalue weighted by atomic mass is 10.1. The Morgan fingerprint density at radius 1 is 1.35 bits per heavy atom. The number of para-hydroxylation sites is 1. The molecule has 0 aliphatic rings. The molecule has 4 nitrogen and oxygen atoms in total. The van der Waals surface area contributed by atoms with Gasteiger partial charge >= 0.3 is 5.97 Å². The van der Waals surface area contributed by atoms with Gasteiger partial charge in [-0.2, -0.15) is 0 Å². The Hall–Kier alpha value is -2.10. The van der Waals surface area contributed by atoms with E-state index in [1.807, 2.05) is 30.1 Å². The van der Waals surface area contributed by atoms with Crippen molar-refractivity contribution < 1.29 is 9.90 Å². The molecule has 0 saturated heterocycles. The van der Waals surface area contributed by atoms with E-state index in [4.69, 9.17) is 0 Å². The number of aromatic carboxylic acids is 1. The molecule has 1 heterocycles. The Kier molecular flexibility index (Phi) is 4.23. The van der Waals surface area contributed by atoms with Crippen LogP contribution in [0.2, 0.25) is 0 Å². The first-order valence-corrected chi connectivity index (χ1v) is 6.83. The first-order valence-electron chi connectivity index (χ1n) is 6.83. The minimum absolute atomic E-state index is 0.307. The molecule has 2 rings (SSSR count). The molecule has 0 amide bonds. The predicted molar refractivity (Wildman–Crippen MR) is 81.4 cm³/mol. The van der Waals surface area contributed by atoms with Crippen LogP contribution in [-0.4, -0.2) is 29.7 Å². The van der Waals surface area contributed by atoms with Gasteiger partial charge in [-0.15, -0.1) is 0 Å². The van der Waals surface area contributed by atoms with Gasteiger partial charge < -0.3 is 10.0 Å². The molecule has 0 bridgehead atoms. The van der Waals surface area contributed by atoms with E-state index in [0.717, 1.165) is 18.5 Å². The van der Waals surface area contributed by atoms with Gasteiger partial charge in [-0.3, -0.25) is 0 Å². The Morgan fingerprint density at radius 2 is 2.05 bits per heavy atom. The smallest absolute Gasteiger partial charge is 0.336 e. The van der Waals surface area contributed by atoms with Gasteiger partial charge in [0.1, 0.15) is 5.82 Å². The zero-order chi connectivity index (χ0) is 14.7. The fraction of sp³-hybridized carbons (Fsp3) is 0.375. The van der Waals surface area contributed by atoms with E-state index in [-0.39, 0.29) is 0 Å². The average Bonchev–Trinajstić information content (AvgIpc) is 2.43. The third kappa shape index (κ3) is 3.07. The van der Waals surface area contributed by atoms with Crippen LogP contribution in [0.15, 0.2) is 30.3 Å². The Balaban J connectivity index is 2.42. The normalized spacial score (nSPS) is 11.0. The van der Waals surface area contributed by atoms with Gasteiger partial charge in [-0.1, -0.05) is 32.0 Å². The zero-order valence-electron chi connectivity index (χ0n) is 12.1. The number of carboxylic acids is 1. The van der Waals surface area contributed by atoms with E-state index in [1.165, 1.54) is 0 Å². The standard InChI is InChI=1S/C16H20N2O2/c1-11(2)8-9-18(3)15-10-13(16(19)20)12-6-4-5-7-14(12)17-15/h4-7,10-11H,8-9H2,1-3H3,(H,19,20). The van der Waals surface area contributed by atoms with E-state index in [0.29, 0.717) is 22.7 Å². The molecule has 20 heavy (non-hydrogen) atoms. The summed E-state index contributed by atoms with van der Waals surface area (Å²) in [6.07, 6.45) is 1.05. The second-order valence-corrected chi connectivity index (χ2v) is 5.45. The molecule has 0 unspecified atom stereocenters. The van der Waals surface area contributed by atoms with Crippen molar-refractivity contribution >= 4 is 22.7 Å². The van der Waals surface area contributed by atoms with Gasteiger partial charge in [0, 0.05) is 19.0 Å². The van der Waals surface area contributed by atoms with Crippen molar-refractivity contribution in [2.75, 3.05) is 18.5 Å². The van der Waals surface area contributed by atoms with Crippen LogP contribution in [0.25, 0.3) is 10.9 Å². The summed E-state index contributed by atoms with van der Waals surface area (Å²) >= 11 is 0. The topological polar surface area (TPSA) is 53.4 Å². The maximum Gasteiger partial charge on any atom is 0.336 e. The van der Waals surface area contributed by atoms with E-state index in [2.05, 4.69) is 18.8 Å². The van der Waals surface area contributed by atoms with Gasteiger partial charge in [-0.25, -0.2) is 9.78 Å². The predicted octanol–water partition coefficient (Wildman–Crippen LogP) is 3.42. The molecule has 1 aromatic heterocycles. The number of carboxylic acid groups (broad SMARTS) is 1. The highest BCUT2D eigenvalue weighted by molar-refractivity contribution is 6.03. The van der Waals surface area contributed by atoms with Crippen LogP contribution in [0.1, 0.15) is 30.6 Å². The summed E-state index contributed by atoms with van der Waals surface area (Å²) in [7, 11) is 1.95. The van der Waals surface area contributed by atoms with Crippen molar-refractivity contribution in [1.29, 1.82) is 0 Å². The molecule has 0 fully saturated rings. The SMILES string of the molecule is CC(C)CCN(C)c1cc(C(=O)O)c2ccccc2n1. The number of carbonyl (C=O) groups is 1. The molecule has 2 aromatic rings. The van der Waals surface area contributed by atoms with Gasteiger partial charge in [0.25, 0.3) is 0 Å². The Labute approximate surface area is 119 Å². The summed E-state index contributed by atoms with van der Waals surface area (Å²) in [5, 5.41) is 10.0. The fourth-order valence-electron chi connectivity index (χ4n) is 2.10. The highest BCUT2D eigenvalue weighted by atomic mass is 16.4. The van der Waals surface area contributed by atoms with Crippen molar-refractivity contribution in [3.63, 3.8) is 0 Å². The van der Waals surface area contributed by atoms with Crippen molar-refractivity contribution in [2.24, 2.45) is 5.92 Å². The number of fused-ring (bicyclic) bond motifs is 1. The quantitative estimate of drug-likeness (QED) is 0.906. The number of pyridine rings is 1. The van der Waals surface area contributed by atoms with Gasteiger partial charge in [0.05, 0.1) is 11.1 Å². The third-order valence-electron chi connectivity index (χ3n) is 3.37. The van der Waals surface area contributed by atoms with Crippen molar-refractivity contribution in [3.8, 4) is 0 Å². The average molecular weight is 272 g/mol. The summed E-state index contributed by atoms with van der Waals surface area (Å²) < 4.78 is 0. The molecule has 0 aliphatic carbocycles. The number of rotatable bonds is 5. The van der Waals surface area contributed by atoms with Crippen LogP contribution in [0.4, 0.5) is 5.82 Å². The number of anilines is 1. The fourth-order valence-corrected chi connectivity index (χ4v) is 2.10. The summed E-state index contributed by atoms with van der Waals surface area (Å²) in [5.74, 6) is 0.403. The van der Waals surface area contributed by atoms with Crippen LogP contribution in [0.3, 0.4) is 0 Å². The lowest BCUT2D eigenvalue weighted by Crippen LogP contribution is -2.21. The summed E-state index contributed by atoms with van der Waals surface area (Å²) in [4.78, 5) is 18.0. The van der Waals surface area contributed by atoms with Crippen molar-refractivity contribution in [2.45, 2.75) is 20.3 Å². The van der Waals surface area contributed by atoms with Gasteiger partial charge in [0.2, 0.25) is 0 Å². The second kappa shape index (κ2) is 5.90. The highest BCUT2D eigenvalue weighted by Crippen LogP contribution is 2.23. The molecule has 1 aromatic carbocycles. The van der Waals surface area contributed by atoms with Crippen LogP contribution < -0.4 is 4.90 Å². The summed E-state index contributed by atoms with van der Waals surface area (Å²) in [5.41, 5.74) is 1.03. The minimum atomic E-state index is -0.915. The number of aromatic nitrogens is 1. The highest BCUT2D eigenvalue weighted by Gasteiger charge is 2.13. The first-order chi connectivity index (χ1) is 9.49. The molecule has 0 radical (unpaired) electrons. The largest absolute Gasteiger partial charge is 0.478 e. The molecule has 1 N–H and O–H groups in total. The molecule has 0 atom stereocenters. The molecule has 106 valence electrons. The van der Waals surface area contributed by atoms with Gasteiger partial charge in [-0.05, 0) is 24.5 Å².